The first-order chi connectivity index (χ1) is 16.0. The van der Waals surface area contributed by atoms with Gasteiger partial charge in [-0.05, 0) is 48.9 Å². The Bertz CT molecular complexity index is 1260. The highest BCUT2D eigenvalue weighted by atomic mass is 19.1. The molecular weight excluding hydrogens is 425 g/mol. The Morgan fingerprint density at radius 2 is 1.85 bits per heavy atom. The molecule has 33 heavy (non-hydrogen) atoms. The summed E-state index contributed by atoms with van der Waals surface area (Å²) < 4.78 is 13.2. The van der Waals surface area contributed by atoms with E-state index in [2.05, 4.69) is 30.7 Å². The quantitative estimate of drug-likeness (QED) is 0.622. The summed E-state index contributed by atoms with van der Waals surface area (Å²) in [6.07, 6.45) is 14.0. The maximum absolute atomic E-state index is 13.2. The summed E-state index contributed by atoms with van der Waals surface area (Å²) in [6.45, 7) is 1.82. The number of nitrogens with one attached hydrogen (secondary N) is 2. The van der Waals surface area contributed by atoms with Crippen LogP contribution in [-0.4, -0.2) is 33.0 Å². The summed E-state index contributed by atoms with van der Waals surface area (Å²) in [5, 5.41) is 11.3. The highest BCUT2D eigenvalue weighted by Crippen LogP contribution is 2.30. The van der Waals surface area contributed by atoms with Gasteiger partial charge in [-0.2, -0.15) is 5.10 Å². The molecule has 0 unspecified atom stereocenters. The minimum Gasteiger partial charge on any atom is -0.320 e. The topological polar surface area (TPSA) is 112 Å². The van der Waals surface area contributed by atoms with E-state index in [1.807, 2.05) is 19.1 Å². The van der Waals surface area contributed by atoms with Gasteiger partial charge in [0.2, 0.25) is 0 Å². The zero-order valence-corrected chi connectivity index (χ0v) is 17.4. The van der Waals surface area contributed by atoms with Gasteiger partial charge in [-0.1, -0.05) is 6.08 Å². The molecule has 2 amide bonds. The minimum absolute atomic E-state index is 0.0862. The number of carbonyl (C=O) groups excluding carboxylic acids is 2. The molecule has 164 valence electrons. The maximum atomic E-state index is 13.2. The number of hydrogen-bond donors (Lipinski definition) is 2. The van der Waals surface area contributed by atoms with Crippen molar-refractivity contribution < 1.29 is 14.0 Å². The lowest BCUT2D eigenvalue weighted by molar-refractivity contribution is 0.102. The van der Waals surface area contributed by atoms with E-state index >= 15 is 0 Å². The van der Waals surface area contributed by atoms with Crippen molar-refractivity contribution in [2.45, 2.75) is 6.92 Å². The van der Waals surface area contributed by atoms with Crippen LogP contribution in [0.3, 0.4) is 0 Å². The van der Waals surface area contributed by atoms with E-state index < -0.39 is 17.6 Å². The molecule has 3 aromatic rings. The van der Waals surface area contributed by atoms with Crippen molar-refractivity contribution >= 4 is 35.2 Å². The Balaban J connectivity index is 1.72. The number of carbonyl (C=O) groups is 2. The number of amides is 2. The van der Waals surface area contributed by atoms with Crippen molar-refractivity contribution in [3.8, 4) is 0 Å². The summed E-state index contributed by atoms with van der Waals surface area (Å²) in [6, 6.07) is 5.80. The van der Waals surface area contributed by atoms with Crippen molar-refractivity contribution in [1.29, 1.82) is 0 Å². The normalized spacial score (nSPS) is 12.4. The number of rotatable bonds is 5. The lowest BCUT2D eigenvalue weighted by Gasteiger charge is -2.20. The van der Waals surface area contributed by atoms with E-state index in [1.54, 1.807) is 35.6 Å². The number of nitrogens with zero attached hydrogens (tertiary/aromatic N) is 5. The van der Waals surface area contributed by atoms with Crippen molar-refractivity contribution in [2.75, 3.05) is 15.6 Å². The number of aromatic nitrogens is 3. The molecule has 0 spiro atoms. The Labute approximate surface area is 188 Å². The second kappa shape index (κ2) is 9.60. The van der Waals surface area contributed by atoms with Gasteiger partial charge in [0.25, 0.3) is 11.8 Å². The van der Waals surface area contributed by atoms with Crippen LogP contribution in [0.2, 0.25) is 0 Å². The van der Waals surface area contributed by atoms with Crippen molar-refractivity contribution in [2.24, 2.45) is 5.10 Å². The van der Waals surface area contributed by atoms with E-state index in [9.17, 15) is 14.0 Å². The molecule has 1 aromatic carbocycles. The van der Waals surface area contributed by atoms with Crippen LogP contribution in [0.25, 0.3) is 0 Å². The molecule has 0 radical (unpaired) electrons. The summed E-state index contributed by atoms with van der Waals surface area (Å²) in [5.74, 6) is -1.43. The lowest BCUT2D eigenvalue weighted by Crippen LogP contribution is -2.21. The fourth-order valence-electron chi connectivity index (χ4n) is 3.01. The minimum atomic E-state index is -0.538. The van der Waals surface area contributed by atoms with Gasteiger partial charge >= 0.3 is 0 Å². The highest BCUT2D eigenvalue weighted by molar-refractivity contribution is 6.12. The van der Waals surface area contributed by atoms with Crippen LogP contribution in [0.1, 0.15) is 26.4 Å². The summed E-state index contributed by atoms with van der Waals surface area (Å²) in [5.41, 5.74) is 1.88. The summed E-state index contributed by atoms with van der Waals surface area (Å²) in [7, 11) is 0. The van der Waals surface area contributed by atoms with Crippen LogP contribution in [0, 0.1) is 12.7 Å². The summed E-state index contributed by atoms with van der Waals surface area (Å²) in [4.78, 5) is 37.5. The number of benzene rings is 1. The fourth-order valence-corrected chi connectivity index (χ4v) is 3.01. The number of anilines is 3. The molecule has 0 bridgehead atoms. The molecule has 3 heterocycles. The van der Waals surface area contributed by atoms with Gasteiger partial charge < -0.3 is 10.6 Å². The zero-order chi connectivity index (χ0) is 23.2. The maximum Gasteiger partial charge on any atom is 0.275 e. The van der Waals surface area contributed by atoms with E-state index in [4.69, 9.17) is 0 Å². The van der Waals surface area contributed by atoms with Gasteiger partial charge in [-0.15, -0.1) is 0 Å². The Hall–Kier alpha value is -4.73. The van der Waals surface area contributed by atoms with Crippen molar-refractivity contribution in [3.63, 3.8) is 0 Å². The number of hydrogen-bond acceptors (Lipinski definition) is 7. The van der Waals surface area contributed by atoms with Crippen molar-refractivity contribution in [1.82, 2.24) is 15.0 Å². The Morgan fingerprint density at radius 1 is 0.970 bits per heavy atom. The molecule has 0 atom stereocenters. The number of aryl methyl sites for hydroxylation is 1. The summed E-state index contributed by atoms with van der Waals surface area (Å²) >= 11 is 0. The van der Waals surface area contributed by atoms with Gasteiger partial charge in [-0.25, -0.2) is 19.4 Å². The second-order valence-corrected chi connectivity index (χ2v) is 6.88. The fraction of sp³-hybridized carbons (Fsp3) is 0.0435. The van der Waals surface area contributed by atoms with Crippen LogP contribution in [0.4, 0.5) is 21.6 Å². The standard InChI is InChI=1S/C23H18FN7O2/c1-15-11-17(22(32)30-21-6-5-16(24)13-27-21)18(29-23(33)19-14-25-8-9-26-19)12-20(15)31-10-4-2-3-7-28-31/h2-14H,1H3,(H,29,33)(H,27,30,32). The first-order valence-corrected chi connectivity index (χ1v) is 9.83. The highest BCUT2D eigenvalue weighted by Gasteiger charge is 2.20. The Kier molecular flexibility index (Phi) is 6.26. The number of hydrazone groups is 1. The van der Waals surface area contributed by atoms with Gasteiger partial charge in [0.05, 0.1) is 29.3 Å². The molecule has 0 saturated heterocycles. The average Bonchev–Trinajstić information content (AvgIpc) is 3.11. The van der Waals surface area contributed by atoms with E-state index in [0.717, 1.165) is 11.8 Å². The van der Waals surface area contributed by atoms with Gasteiger partial charge in [-0.3, -0.25) is 14.6 Å². The lowest BCUT2D eigenvalue weighted by atomic mass is 10.1. The predicted molar refractivity (Wildman–Crippen MR) is 123 cm³/mol. The van der Waals surface area contributed by atoms with Crippen LogP contribution >= 0.6 is 0 Å². The third-order valence-electron chi connectivity index (χ3n) is 4.57. The molecule has 2 aromatic heterocycles. The van der Waals surface area contributed by atoms with E-state index in [1.165, 1.54) is 30.7 Å². The molecule has 0 fully saturated rings. The number of allylic oxidation sites excluding steroid dienone is 3. The smallest absolute Gasteiger partial charge is 0.275 e. The van der Waals surface area contributed by atoms with Gasteiger partial charge in [0.15, 0.2) is 0 Å². The molecule has 0 aliphatic carbocycles. The van der Waals surface area contributed by atoms with E-state index in [0.29, 0.717) is 5.69 Å². The molecule has 1 aliphatic rings. The van der Waals surface area contributed by atoms with Gasteiger partial charge in [0.1, 0.15) is 17.3 Å². The molecule has 2 N–H and O–H groups in total. The predicted octanol–water partition coefficient (Wildman–Crippen LogP) is 3.70. The van der Waals surface area contributed by atoms with E-state index in [-0.39, 0.29) is 22.8 Å². The number of pyridine rings is 1. The number of halogens is 1. The molecular formula is C23H18FN7O2. The average molecular weight is 443 g/mol. The van der Waals surface area contributed by atoms with Crippen LogP contribution in [0.5, 0.6) is 0 Å². The first kappa shape index (κ1) is 21.5. The van der Waals surface area contributed by atoms with Crippen LogP contribution < -0.4 is 15.6 Å². The molecule has 4 rings (SSSR count). The van der Waals surface area contributed by atoms with Crippen LogP contribution in [0.15, 0.2) is 78.6 Å². The molecule has 0 saturated carbocycles. The SMILES string of the molecule is Cc1cc(C(=O)Nc2ccc(F)cn2)c(NC(=O)c2cnccn2)cc1N1C=CC=CC=N1. The Morgan fingerprint density at radius 3 is 2.61 bits per heavy atom. The molecule has 1 aliphatic heterocycles. The third kappa shape index (κ3) is 5.13. The first-order valence-electron chi connectivity index (χ1n) is 9.83. The zero-order valence-electron chi connectivity index (χ0n) is 17.4. The second-order valence-electron chi connectivity index (χ2n) is 6.88. The van der Waals surface area contributed by atoms with Crippen molar-refractivity contribution in [3.05, 3.63) is 96.1 Å². The molecule has 10 heteroatoms. The van der Waals surface area contributed by atoms with Gasteiger partial charge in [0, 0.05) is 24.8 Å². The van der Waals surface area contributed by atoms with Crippen LogP contribution in [-0.2, 0) is 0 Å². The third-order valence-corrected chi connectivity index (χ3v) is 4.57. The largest absolute Gasteiger partial charge is 0.320 e. The monoisotopic (exact) mass is 443 g/mol. The molecule has 9 nitrogen and oxygen atoms in total.